The van der Waals surface area contributed by atoms with E-state index in [1.165, 1.54) is 0 Å². The molecule has 0 saturated carbocycles. The molecule has 0 aromatic carbocycles. The van der Waals surface area contributed by atoms with Crippen LogP contribution in [0.25, 0.3) is 0 Å². The first-order chi connectivity index (χ1) is 8.81. The van der Waals surface area contributed by atoms with Gasteiger partial charge in [-0.1, -0.05) is 6.92 Å². The summed E-state index contributed by atoms with van der Waals surface area (Å²) in [6.45, 7) is 8.74. The molecule has 2 aliphatic rings. The Morgan fingerprint density at radius 3 is 2.74 bits per heavy atom. The molecule has 1 amide bonds. The Kier molecular flexibility index (Phi) is 7.68. The van der Waals surface area contributed by atoms with Gasteiger partial charge in [0, 0.05) is 25.7 Å². The number of hydrogen-bond acceptors (Lipinski definition) is 4. The highest BCUT2D eigenvalue weighted by Gasteiger charge is 2.26. The molecule has 0 aromatic rings. The van der Waals surface area contributed by atoms with Gasteiger partial charge in [0.2, 0.25) is 5.91 Å². The van der Waals surface area contributed by atoms with Crippen molar-refractivity contribution in [2.45, 2.75) is 25.8 Å². The van der Waals surface area contributed by atoms with Crippen molar-refractivity contribution in [1.29, 1.82) is 0 Å². The summed E-state index contributed by atoms with van der Waals surface area (Å²) in [5.74, 6) is 0.263. The summed E-state index contributed by atoms with van der Waals surface area (Å²) < 4.78 is 5.28. The molecule has 2 saturated heterocycles. The van der Waals surface area contributed by atoms with E-state index in [-0.39, 0.29) is 18.3 Å². The Morgan fingerprint density at radius 1 is 1.42 bits per heavy atom. The van der Waals surface area contributed by atoms with Gasteiger partial charge in [-0.15, -0.1) is 12.4 Å². The van der Waals surface area contributed by atoms with Crippen LogP contribution in [0.5, 0.6) is 0 Å². The second kappa shape index (κ2) is 8.74. The van der Waals surface area contributed by atoms with Gasteiger partial charge in [0.05, 0.1) is 19.8 Å². The molecule has 0 spiro atoms. The van der Waals surface area contributed by atoms with E-state index >= 15 is 0 Å². The Hall–Kier alpha value is -0.360. The maximum Gasteiger partial charge on any atom is 0.236 e. The minimum atomic E-state index is 0. The lowest BCUT2D eigenvalue weighted by atomic mass is 10.2. The molecule has 2 heterocycles. The molecule has 6 heteroatoms. The van der Waals surface area contributed by atoms with Gasteiger partial charge in [0.25, 0.3) is 0 Å². The van der Waals surface area contributed by atoms with E-state index in [1.54, 1.807) is 0 Å². The average Bonchev–Trinajstić information content (AvgIpc) is 2.93. The first-order valence-corrected chi connectivity index (χ1v) is 7.11. The zero-order valence-electron chi connectivity index (χ0n) is 11.8. The van der Waals surface area contributed by atoms with Crippen LogP contribution in [0.4, 0.5) is 0 Å². The smallest absolute Gasteiger partial charge is 0.236 e. The van der Waals surface area contributed by atoms with Gasteiger partial charge < -0.3 is 15.0 Å². The van der Waals surface area contributed by atoms with Crippen LogP contribution in [0.3, 0.4) is 0 Å². The Labute approximate surface area is 122 Å². The van der Waals surface area contributed by atoms with E-state index in [0.717, 1.165) is 45.6 Å². The molecule has 5 nitrogen and oxygen atoms in total. The van der Waals surface area contributed by atoms with Crippen molar-refractivity contribution in [2.24, 2.45) is 0 Å². The zero-order chi connectivity index (χ0) is 12.8. The van der Waals surface area contributed by atoms with Crippen LogP contribution in [-0.2, 0) is 9.53 Å². The first kappa shape index (κ1) is 16.7. The fourth-order valence-electron chi connectivity index (χ4n) is 2.72. The predicted octanol–water partition coefficient (Wildman–Crippen LogP) is 0.341. The second-order valence-corrected chi connectivity index (χ2v) is 5.11. The van der Waals surface area contributed by atoms with Crippen molar-refractivity contribution < 1.29 is 9.53 Å². The highest BCUT2D eigenvalue weighted by atomic mass is 35.5. The van der Waals surface area contributed by atoms with Crippen LogP contribution in [0, 0.1) is 0 Å². The minimum absolute atomic E-state index is 0. The molecule has 0 aliphatic carbocycles. The zero-order valence-corrected chi connectivity index (χ0v) is 12.6. The normalized spacial score (nSPS) is 23.5. The molecule has 0 radical (unpaired) electrons. The molecule has 0 aromatic heterocycles. The number of carbonyl (C=O) groups excluding carboxylic acids is 1. The fraction of sp³-hybridized carbons (Fsp3) is 0.923. The lowest BCUT2D eigenvalue weighted by Crippen LogP contribution is -2.48. The number of carbonyl (C=O) groups is 1. The standard InChI is InChI=1S/C13H25N3O2.ClH/c1-2-5-16(12-3-4-14-10-12)11-13(17)15-6-8-18-9-7-15;/h12,14H,2-11H2,1H3;1H. The number of halogens is 1. The average molecular weight is 292 g/mol. The van der Waals surface area contributed by atoms with Crippen molar-refractivity contribution in [2.75, 3.05) is 52.5 Å². The molecule has 19 heavy (non-hydrogen) atoms. The first-order valence-electron chi connectivity index (χ1n) is 7.11. The third-order valence-electron chi connectivity index (χ3n) is 3.76. The number of morpholine rings is 1. The summed E-state index contributed by atoms with van der Waals surface area (Å²) in [5.41, 5.74) is 0. The van der Waals surface area contributed by atoms with Gasteiger partial charge in [0.15, 0.2) is 0 Å². The summed E-state index contributed by atoms with van der Waals surface area (Å²) in [4.78, 5) is 16.5. The second-order valence-electron chi connectivity index (χ2n) is 5.11. The van der Waals surface area contributed by atoms with Gasteiger partial charge >= 0.3 is 0 Å². The molecule has 1 atom stereocenters. The molecule has 2 fully saturated rings. The molecule has 1 unspecified atom stereocenters. The molecular formula is C13H26ClN3O2. The van der Waals surface area contributed by atoms with Gasteiger partial charge in [-0.2, -0.15) is 0 Å². The van der Waals surface area contributed by atoms with Crippen molar-refractivity contribution in [3.63, 3.8) is 0 Å². The third kappa shape index (κ3) is 4.91. The topological polar surface area (TPSA) is 44.8 Å². The van der Waals surface area contributed by atoms with Crippen molar-refractivity contribution in [3.8, 4) is 0 Å². The highest BCUT2D eigenvalue weighted by molar-refractivity contribution is 5.85. The quantitative estimate of drug-likeness (QED) is 0.793. The molecule has 1 N–H and O–H groups in total. The Balaban J connectivity index is 0.00000180. The van der Waals surface area contributed by atoms with Crippen LogP contribution >= 0.6 is 12.4 Å². The Morgan fingerprint density at radius 2 is 2.16 bits per heavy atom. The molecular weight excluding hydrogens is 266 g/mol. The van der Waals surface area contributed by atoms with Gasteiger partial charge in [-0.3, -0.25) is 9.69 Å². The number of hydrogen-bond donors (Lipinski definition) is 1. The van der Waals surface area contributed by atoms with Crippen molar-refractivity contribution >= 4 is 18.3 Å². The predicted molar refractivity (Wildman–Crippen MR) is 77.8 cm³/mol. The maximum absolute atomic E-state index is 12.2. The molecule has 2 aliphatic heterocycles. The van der Waals surface area contributed by atoms with Crippen LogP contribution < -0.4 is 5.32 Å². The van der Waals surface area contributed by atoms with E-state index in [0.29, 0.717) is 25.8 Å². The third-order valence-corrected chi connectivity index (χ3v) is 3.76. The lowest BCUT2D eigenvalue weighted by molar-refractivity contribution is -0.137. The summed E-state index contributed by atoms with van der Waals surface area (Å²) in [6.07, 6.45) is 2.27. The van der Waals surface area contributed by atoms with Crippen LogP contribution in [0.15, 0.2) is 0 Å². The lowest BCUT2D eigenvalue weighted by Gasteiger charge is -2.32. The number of nitrogens with one attached hydrogen (secondary N) is 1. The number of nitrogens with zero attached hydrogens (tertiary/aromatic N) is 2. The summed E-state index contributed by atoms with van der Waals surface area (Å²) >= 11 is 0. The van der Waals surface area contributed by atoms with Gasteiger partial charge in [-0.05, 0) is 25.9 Å². The number of ether oxygens (including phenoxy) is 1. The Bertz CT molecular complexity index is 267. The largest absolute Gasteiger partial charge is 0.378 e. The van der Waals surface area contributed by atoms with Crippen LogP contribution in [0.2, 0.25) is 0 Å². The van der Waals surface area contributed by atoms with Gasteiger partial charge in [-0.25, -0.2) is 0 Å². The van der Waals surface area contributed by atoms with E-state index in [4.69, 9.17) is 4.74 Å². The van der Waals surface area contributed by atoms with E-state index < -0.39 is 0 Å². The molecule has 0 bridgehead atoms. The monoisotopic (exact) mass is 291 g/mol. The summed E-state index contributed by atoms with van der Waals surface area (Å²) in [6, 6.07) is 0.537. The van der Waals surface area contributed by atoms with E-state index in [9.17, 15) is 4.79 Å². The van der Waals surface area contributed by atoms with Crippen molar-refractivity contribution in [1.82, 2.24) is 15.1 Å². The van der Waals surface area contributed by atoms with Crippen molar-refractivity contribution in [3.05, 3.63) is 0 Å². The minimum Gasteiger partial charge on any atom is -0.378 e. The van der Waals surface area contributed by atoms with E-state index in [2.05, 4.69) is 17.1 Å². The molecule has 112 valence electrons. The summed E-state index contributed by atoms with van der Waals surface area (Å²) in [7, 11) is 0. The fourth-order valence-corrected chi connectivity index (χ4v) is 2.72. The van der Waals surface area contributed by atoms with Gasteiger partial charge in [0.1, 0.15) is 0 Å². The molecule has 2 rings (SSSR count). The van der Waals surface area contributed by atoms with E-state index in [1.807, 2.05) is 4.90 Å². The number of amides is 1. The summed E-state index contributed by atoms with van der Waals surface area (Å²) in [5, 5.41) is 3.38. The van der Waals surface area contributed by atoms with Crippen LogP contribution in [0.1, 0.15) is 19.8 Å². The number of rotatable bonds is 5. The van der Waals surface area contributed by atoms with Crippen LogP contribution in [-0.4, -0.2) is 74.2 Å². The maximum atomic E-state index is 12.2. The highest BCUT2D eigenvalue weighted by Crippen LogP contribution is 2.10. The SMILES string of the molecule is CCCN(CC(=O)N1CCOCC1)C1CCNC1.Cl.